The molecule has 1 atom stereocenters. The van der Waals surface area contributed by atoms with E-state index in [-0.39, 0.29) is 11.7 Å². The zero-order valence-corrected chi connectivity index (χ0v) is 9.62. The van der Waals surface area contributed by atoms with Gasteiger partial charge in [0.1, 0.15) is 11.6 Å². The molecule has 1 aliphatic rings. The maximum absolute atomic E-state index is 11.4. The Morgan fingerprint density at radius 2 is 2.44 bits per heavy atom. The first-order valence-corrected chi connectivity index (χ1v) is 5.57. The maximum atomic E-state index is 11.4. The van der Waals surface area contributed by atoms with Crippen LogP contribution >= 0.6 is 0 Å². The van der Waals surface area contributed by atoms with Crippen molar-refractivity contribution in [2.24, 2.45) is 0 Å². The van der Waals surface area contributed by atoms with Crippen LogP contribution in [0.15, 0.2) is 10.9 Å². The third kappa shape index (κ3) is 2.82. The van der Waals surface area contributed by atoms with Crippen molar-refractivity contribution in [3.8, 4) is 0 Å². The molecule has 1 fully saturated rings. The quantitative estimate of drug-likeness (QED) is 0.784. The first-order chi connectivity index (χ1) is 7.69. The van der Waals surface area contributed by atoms with Gasteiger partial charge in [0.15, 0.2) is 0 Å². The van der Waals surface area contributed by atoms with Crippen LogP contribution in [-0.2, 0) is 4.74 Å². The number of aromatic amines is 1. The Bertz CT molecular complexity index is 412. The molecule has 0 saturated heterocycles. The van der Waals surface area contributed by atoms with E-state index in [2.05, 4.69) is 15.3 Å². The molecule has 88 valence electrons. The minimum Gasteiger partial charge on any atom is -0.380 e. The van der Waals surface area contributed by atoms with Crippen LogP contribution in [0.3, 0.4) is 0 Å². The van der Waals surface area contributed by atoms with E-state index in [0.717, 1.165) is 18.7 Å². The van der Waals surface area contributed by atoms with E-state index < -0.39 is 0 Å². The van der Waals surface area contributed by atoms with Gasteiger partial charge in [-0.25, -0.2) is 4.98 Å². The second-order valence-electron chi connectivity index (χ2n) is 4.22. The summed E-state index contributed by atoms with van der Waals surface area (Å²) in [4.78, 5) is 18.5. The number of rotatable bonds is 5. The van der Waals surface area contributed by atoms with Crippen molar-refractivity contribution in [2.45, 2.75) is 31.8 Å². The van der Waals surface area contributed by atoms with E-state index in [0.29, 0.717) is 18.3 Å². The van der Waals surface area contributed by atoms with Gasteiger partial charge in [0.05, 0.1) is 6.10 Å². The summed E-state index contributed by atoms with van der Waals surface area (Å²) in [6.07, 6.45) is 2.35. The molecule has 1 heterocycles. The van der Waals surface area contributed by atoms with Crippen LogP contribution in [0.25, 0.3) is 0 Å². The number of H-pyrrole nitrogens is 1. The minimum absolute atomic E-state index is 0.0931. The van der Waals surface area contributed by atoms with E-state index >= 15 is 0 Å². The second kappa shape index (κ2) is 4.65. The standard InChI is InChI=1S/C11H17N3O2/c1-7(16-2)6-12-9-5-10(15)14-11(13-9)8-3-4-8/h5,7-8H,3-4,6H2,1-2H3,(H2,12,13,14,15). The molecule has 2 rings (SSSR count). The highest BCUT2D eigenvalue weighted by atomic mass is 16.5. The third-order valence-corrected chi connectivity index (χ3v) is 2.70. The smallest absolute Gasteiger partial charge is 0.252 e. The van der Waals surface area contributed by atoms with Crippen molar-refractivity contribution >= 4 is 5.82 Å². The van der Waals surface area contributed by atoms with Crippen LogP contribution in [0.4, 0.5) is 5.82 Å². The van der Waals surface area contributed by atoms with Gasteiger partial charge in [-0.3, -0.25) is 4.79 Å². The van der Waals surface area contributed by atoms with Gasteiger partial charge in [-0.05, 0) is 19.8 Å². The van der Waals surface area contributed by atoms with E-state index in [1.54, 1.807) is 7.11 Å². The molecule has 0 aromatic carbocycles. The first-order valence-electron chi connectivity index (χ1n) is 5.57. The topological polar surface area (TPSA) is 67.0 Å². The predicted octanol–water partition coefficient (Wildman–Crippen LogP) is 1.09. The van der Waals surface area contributed by atoms with Gasteiger partial charge in [0.25, 0.3) is 5.56 Å². The number of nitrogens with one attached hydrogen (secondary N) is 2. The molecule has 2 N–H and O–H groups in total. The predicted molar refractivity (Wildman–Crippen MR) is 61.8 cm³/mol. The highest BCUT2D eigenvalue weighted by Crippen LogP contribution is 2.37. The summed E-state index contributed by atoms with van der Waals surface area (Å²) < 4.78 is 5.12. The molecule has 1 aromatic rings. The number of aromatic nitrogens is 2. The SMILES string of the molecule is COC(C)CNc1cc(=O)[nH]c(C2CC2)n1. The normalized spacial score (nSPS) is 17.1. The summed E-state index contributed by atoms with van der Waals surface area (Å²) in [5.41, 5.74) is -0.0931. The van der Waals surface area contributed by atoms with Crippen LogP contribution in [-0.4, -0.2) is 29.7 Å². The van der Waals surface area contributed by atoms with Crippen LogP contribution in [0.5, 0.6) is 0 Å². The lowest BCUT2D eigenvalue weighted by Gasteiger charge is -2.11. The zero-order chi connectivity index (χ0) is 11.5. The summed E-state index contributed by atoms with van der Waals surface area (Å²) in [7, 11) is 1.66. The second-order valence-corrected chi connectivity index (χ2v) is 4.22. The summed E-state index contributed by atoms with van der Waals surface area (Å²) in [5, 5.41) is 3.10. The molecular formula is C11H17N3O2. The van der Waals surface area contributed by atoms with Gasteiger partial charge < -0.3 is 15.0 Å². The van der Waals surface area contributed by atoms with E-state index in [1.807, 2.05) is 6.92 Å². The van der Waals surface area contributed by atoms with E-state index in [9.17, 15) is 4.79 Å². The van der Waals surface area contributed by atoms with Crippen LogP contribution in [0, 0.1) is 0 Å². The lowest BCUT2D eigenvalue weighted by atomic mass is 10.3. The summed E-state index contributed by atoms with van der Waals surface area (Å²) >= 11 is 0. The molecule has 0 aliphatic heterocycles. The molecule has 1 unspecified atom stereocenters. The molecule has 1 aromatic heterocycles. The summed E-state index contributed by atoms with van der Waals surface area (Å²) in [6, 6.07) is 1.48. The van der Waals surface area contributed by atoms with Crippen molar-refractivity contribution in [3.63, 3.8) is 0 Å². The van der Waals surface area contributed by atoms with Crippen molar-refractivity contribution in [3.05, 3.63) is 22.2 Å². The molecule has 1 saturated carbocycles. The van der Waals surface area contributed by atoms with E-state index in [1.165, 1.54) is 6.07 Å². The fourth-order valence-corrected chi connectivity index (χ4v) is 1.45. The number of nitrogens with zero attached hydrogens (tertiary/aromatic N) is 1. The Kier molecular flexibility index (Phi) is 3.24. The molecule has 16 heavy (non-hydrogen) atoms. The molecule has 0 spiro atoms. The average Bonchev–Trinajstić information content (AvgIpc) is 3.09. The fourth-order valence-electron chi connectivity index (χ4n) is 1.45. The lowest BCUT2D eigenvalue weighted by Crippen LogP contribution is -2.20. The highest BCUT2D eigenvalue weighted by molar-refractivity contribution is 5.34. The van der Waals surface area contributed by atoms with Crippen LogP contribution in [0.1, 0.15) is 31.5 Å². The van der Waals surface area contributed by atoms with Gasteiger partial charge in [0, 0.05) is 25.6 Å². The largest absolute Gasteiger partial charge is 0.380 e. The Hall–Kier alpha value is -1.36. The number of hydrogen-bond acceptors (Lipinski definition) is 4. The molecule has 5 heteroatoms. The fraction of sp³-hybridized carbons (Fsp3) is 0.636. The molecule has 1 aliphatic carbocycles. The highest BCUT2D eigenvalue weighted by Gasteiger charge is 2.26. The monoisotopic (exact) mass is 223 g/mol. The Morgan fingerprint density at radius 1 is 1.69 bits per heavy atom. The third-order valence-electron chi connectivity index (χ3n) is 2.70. The zero-order valence-electron chi connectivity index (χ0n) is 9.62. The van der Waals surface area contributed by atoms with Gasteiger partial charge in [0.2, 0.25) is 0 Å². The van der Waals surface area contributed by atoms with Crippen molar-refractivity contribution < 1.29 is 4.74 Å². The van der Waals surface area contributed by atoms with Crippen LogP contribution in [0.2, 0.25) is 0 Å². The molecule has 0 amide bonds. The number of hydrogen-bond donors (Lipinski definition) is 2. The maximum Gasteiger partial charge on any atom is 0.252 e. The summed E-state index contributed by atoms with van der Waals surface area (Å²) in [6.45, 7) is 2.61. The molecule has 0 radical (unpaired) electrons. The van der Waals surface area contributed by atoms with E-state index in [4.69, 9.17) is 4.74 Å². The van der Waals surface area contributed by atoms with Crippen molar-refractivity contribution in [2.75, 3.05) is 19.0 Å². The van der Waals surface area contributed by atoms with Crippen molar-refractivity contribution in [1.82, 2.24) is 9.97 Å². The van der Waals surface area contributed by atoms with Gasteiger partial charge >= 0.3 is 0 Å². The van der Waals surface area contributed by atoms with Crippen molar-refractivity contribution in [1.29, 1.82) is 0 Å². The number of ether oxygens (including phenoxy) is 1. The first kappa shape index (κ1) is 11.1. The summed E-state index contributed by atoms with van der Waals surface area (Å²) in [5.74, 6) is 1.89. The van der Waals surface area contributed by atoms with Gasteiger partial charge in [-0.2, -0.15) is 0 Å². The van der Waals surface area contributed by atoms with Gasteiger partial charge in [-0.1, -0.05) is 0 Å². The Labute approximate surface area is 94.2 Å². The molecule has 5 nitrogen and oxygen atoms in total. The average molecular weight is 223 g/mol. The lowest BCUT2D eigenvalue weighted by molar-refractivity contribution is 0.128. The molecular weight excluding hydrogens is 206 g/mol. The number of methoxy groups -OCH3 is 1. The van der Waals surface area contributed by atoms with Crippen LogP contribution < -0.4 is 10.9 Å². The number of anilines is 1. The Morgan fingerprint density at radius 3 is 3.06 bits per heavy atom. The minimum atomic E-state index is -0.0931. The van der Waals surface area contributed by atoms with Gasteiger partial charge in [-0.15, -0.1) is 0 Å². The Balaban J connectivity index is 2.05. The molecule has 0 bridgehead atoms.